The smallest absolute Gasteiger partial charge is 0.243 e. The Morgan fingerprint density at radius 2 is 1.76 bits per heavy atom. The first-order valence-corrected chi connectivity index (χ1v) is 6.72. The molecular formula is C13H24N4O4. The summed E-state index contributed by atoms with van der Waals surface area (Å²) >= 11 is 0. The fourth-order valence-corrected chi connectivity index (χ4v) is 1.58. The topological polar surface area (TPSA) is 101 Å². The number of methoxy groups -OCH3 is 3. The van der Waals surface area contributed by atoms with Crippen molar-refractivity contribution in [2.24, 2.45) is 0 Å². The Morgan fingerprint density at radius 3 is 2.43 bits per heavy atom. The van der Waals surface area contributed by atoms with Crippen molar-refractivity contribution >= 4 is 11.5 Å². The lowest BCUT2D eigenvalue weighted by atomic mass is 10.4. The van der Waals surface area contributed by atoms with Gasteiger partial charge in [-0.05, 0) is 6.42 Å². The molecule has 1 rings (SSSR count). The fourth-order valence-electron chi connectivity index (χ4n) is 1.58. The van der Waals surface area contributed by atoms with E-state index in [4.69, 9.17) is 24.7 Å². The lowest BCUT2D eigenvalue weighted by molar-refractivity contribution is 0.142. The zero-order valence-corrected chi connectivity index (χ0v) is 12.8. The van der Waals surface area contributed by atoms with Crippen LogP contribution < -0.4 is 15.8 Å². The third-order valence-corrected chi connectivity index (χ3v) is 2.57. The zero-order chi connectivity index (χ0) is 15.5. The molecule has 0 unspecified atom stereocenters. The SMILES string of the molecule is COCCCNc1nc(COC)nc(OCCOC)c1N. The van der Waals surface area contributed by atoms with Gasteiger partial charge in [0.2, 0.25) is 5.88 Å². The van der Waals surface area contributed by atoms with E-state index in [0.717, 1.165) is 6.42 Å². The van der Waals surface area contributed by atoms with Crippen LogP contribution in [0.15, 0.2) is 0 Å². The van der Waals surface area contributed by atoms with Crippen molar-refractivity contribution in [2.45, 2.75) is 13.0 Å². The first kappa shape index (κ1) is 17.4. The number of ether oxygens (including phenoxy) is 4. The van der Waals surface area contributed by atoms with Crippen LogP contribution in [0.3, 0.4) is 0 Å². The van der Waals surface area contributed by atoms with Gasteiger partial charge < -0.3 is 30.0 Å². The molecular weight excluding hydrogens is 276 g/mol. The minimum Gasteiger partial charge on any atom is -0.474 e. The highest BCUT2D eigenvalue weighted by Crippen LogP contribution is 2.26. The maximum Gasteiger partial charge on any atom is 0.243 e. The molecule has 8 nitrogen and oxygen atoms in total. The highest BCUT2D eigenvalue weighted by Gasteiger charge is 2.13. The number of nitrogens with one attached hydrogen (secondary N) is 1. The minimum atomic E-state index is 0.285. The van der Waals surface area contributed by atoms with E-state index >= 15 is 0 Å². The van der Waals surface area contributed by atoms with Gasteiger partial charge in [-0.2, -0.15) is 4.98 Å². The molecule has 3 N–H and O–H groups in total. The van der Waals surface area contributed by atoms with E-state index in [9.17, 15) is 0 Å². The molecule has 0 fully saturated rings. The number of nitrogens with two attached hydrogens (primary N) is 1. The molecule has 0 aliphatic rings. The molecule has 0 aromatic carbocycles. The molecule has 0 aliphatic carbocycles. The number of rotatable bonds is 11. The summed E-state index contributed by atoms with van der Waals surface area (Å²) in [5, 5.41) is 3.15. The summed E-state index contributed by atoms with van der Waals surface area (Å²) in [6.07, 6.45) is 0.847. The van der Waals surface area contributed by atoms with Crippen molar-refractivity contribution < 1.29 is 18.9 Å². The summed E-state index contributed by atoms with van der Waals surface area (Å²) in [6, 6.07) is 0. The van der Waals surface area contributed by atoms with Crippen LogP contribution in [0.25, 0.3) is 0 Å². The van der Waals surface area contributed by atoms with Crippen molar-refractivity contribution in [2.75, 3.05) is 58.7 Å². The van der Waals surface area contributed by atoms with E-state index in [1.807, 2.05) is 0 Å². The van der Waals surface area contributed by atoms with Gasteiger partial charge in [-0.25, -0.2) is 4.98 Å². The predicted molar refractivity (Wildman–Crippen MR) is 79.5 cm³/mol. The molecule has 120 valence electrons. The lowest BCUT2D eigenvalue weighted by Crippen LogP contribution is -2.14. The number of nitrogen functional groups attached to an aromatic ring is 1. The minimum absolute atomic E-state index is 0.285. The van der Waals surface area contributed by atoms with Crippen LogP contribution in [0.2, 0.25) is 0 Å². The second-order valence-corrected chi connectivity index (χ2v) is 4.25. The van der Waals surface area contributed by atoms with E-state index in [1.165, 1.54) is 0 Å². The number of anilines is 2. The Morgan fingerprint density at radius 1 is 1.00 bits per heavy atom. The molecule has 0 radical (unpaired) electrons. The highest BCUT2D eigenvalue weighted by molar-refractivity contribution is 5.66. The molecule has 1 aromatic rings. The van der Waals surface area contributed by atoms with Crippen LogP contribution in [-0.4, -0.2) is 57.7 Å². The van der Waals surface area contributed by atoms with Crippen molar-refractivity contribution in [3.05, 3.63) is 5.82 Å². The second kappa shape index (κ2) is 10.1. The molecule has 0 amide bonds. The van der Waals surface area contributed by atoms with Gasteiger partial charge in [-0.1, -0.05) is 0 Å². The van der Waals surface area contributed by atoms with Crippen LogP contribution in [0, 0.1) is 0 Å². The van der Waals surface area contributed by atoms with Crippen LogP contribution in [0.1, 0.15) is 12.2 Å². The molecule has 0 atom stereocenters. The maximum absolute atomic E-state index is 6.02. The Bertz CT molecular complexity index is 417. The summed E-state index contributed by atoms with van der Waals surface area (Å²) < 4.78 is 20.5. The molecule has 21 heavy (non-hydrogen) atoms. The summed E-state index contributed by atoms with van der Waals surface area (Å²) in [4.78, 5) is 8.56. The molecule has 8 heteroatoms. The van der Waals surface area contributed by atoms with E-state index in [-0.39, 0.29) is 6.61 Å². The molecule has 1 heterocycles. The van der Waals surface area contributed by atoms with Gasteiger partial charge in [0.15, 0.2) is 11.6 Å². The van der Waals surface area contributed by atoms with E-state index in [2.05, 4.69) is 15.3 Å². The highest BCUT2D eigenvalue weighted by atomic mass is 16.5. The van der Waals surface area contributed by atoms with Crippen molar-refractivity contribution in [1.29, 1.82) is 0 Å². The number of hydrogen-bond acceptors (Lipinski definition) is 8. The van der Waals surface area contributed by atoms with Gasteiger partial charge in [0, 0.05) is 34.5 Å². The van der Waals surface area contributed by atoms with Crippen molar-refractivity contribution in [3.63, 3.8) is 0 Å². The number of nitrogens with zero attached hydrogens (tertiary/aromatic N) is 2. The molecule has 1 aromatic heterocycles. The average molecular weight is 300 g/mol. The Labute approximate surface area is 124 Å². The molecule has 0 aliphatic heterocycles. The summed E-state index contributed by atoms with van der Waals surface area (Å²) in [6.45, 7) is 2.47. The maximum atomic E-state index is 6.02. The Balaban J connectivity index is 2.77. The van der Waals surface area contributed by atoms with Crippen LogP contribution in [-0.2, 0) is 20.8 Å². The van der Waals surface area contributed by atoms with Gasteiger partial charge in [-0.3, -0.25) is 0 Å². The van der Waals surface area contributed by atoms with Gasteiger partial charge in [-0.15, -0.1) is 0 Å². The standard InChI is InChI=1S/C13H24N4O4/c1-18-6-4-5-15-12-11(14)13(21-8-7-19-2)17-10(16-12)9-20-3/h4-9,14H2,1-3H3,(H,15,16,17). The molecule has 0 saturated carbocycles. The average Bonchev–Trinajstić information content (AvgIpc) is 2.48. The van der Waals surface area contributed by atoms with Gasteiger partial charge in [0.25, 0.3) is 0 Å². The first-order valence-electron chi connectivity index (χ1n) is 6.72. The third-order valence-electron chi connectivity index (χ3n) is 2.57. The Kier molecular flexibility index (Phi) is 8.41. The molecule has 0 spiro atoms. The van der Waals surface area contributed by atoms with E-state index in [1.54, 1.807) is 21.3 Å². The fraction of sp³-hybridized carbons (Fsp3) is 0.692. The van der Waals surface area contributed by atoms with Gasteiger partial charge >= 0.3 is 0 Å². The third kappa shape index (κ3) is 6.11. The second-order valence-electron chi connectivity index (χ2n) is 4.25. The Hall–Kier alpha value is -1.64. The van der Waals surface area contributed by atoms with Crippen LogP contribution in [0.5, 0.6) is 5.88 Å². The quantitative estimate of drug-likeness (QED) is 0.575. The number of hydrogen-bond donors (Lipinski definition) is 2. The number of aromatic nitrogens is 2. The van der Waals surface area contributed by atoms with E-state index in [0.29, 0.717) is 49.6 Å². The van der Waals surface area contributed by atoms with Crippen molar-refractivity contribution in [1.82, 2.24) is 9.97 Å². The summed E-state index contributed by atoms with van der Waals surface area (Å²) in [7, 11) is 4.85. The zero-order valence-electron chi connectivity index (χ0n) is 12.8. The first-order chi connectivity index (χ1) is 10.2. The van der Waals surface area contributed by atoms with Gasteiger partial charge in [0.1, 0.15) is 18.9 Å². The summed E-state index contributed by atoms with van der Waals surface area (Å²) in [5.74, 6) is 1.39. The molecule has 0 bridgehead atoms. The van der Waals surface area contributed by atoms with Gasteiger partial charge in [0.05, 0.1) is 6.61 Å². The largest absolute Gasteiger partial charge is 0.474 e. The predicted octanol–water partition coefficient (Wildman–Crippen LogP) is 0.679. The summed E-state index contributed by atoms with van der Waals surface area (Å²) in [5.41, 5.74) is 6.40. The lowest BCUT2D eigenvalue weighted by Gasteiger charge is -2.14. The monoisotopic (exact) mass is 300 g/mol. The normalized spacial score (nSPS) is 10.6. The van der Waals surface area contributed by atoms with E-state index < -0.39 is 0 Å². The molecule has 0 saturated heterocycles. The van der Waals surface area contributed by atoms with Crippen LogP contribution in [0.4, 0.5) is 11.5 Å². The van der Waals surface area contributed by atoms with Crippen LogP contribution >= 0.6 is 0 Å². The van der Waals surface area contributed by atoms with Crippen molar-refractivity contribution in [3.8, 4) is 5.88 Å².